The molecule has 0 saturated carbocycles. The Labute approximate surface area is 360 Å². The molecule has 19 nitrogen and oxygen atoms in total. The lowest BCUT2D eigenvalue weighted by Crippen LogP contribution is -2.59. The van der Waals surface area contributed by atoms with E-state index in [2.05, 4.69) is 36.9 Å². The second-order valence-electron chi connectivity index (χ2n) is 16.6. The Morgan fingerprint density at radius 1 is 0.617 bits per heavy atom. The maximum atomic E-state index is 14.3. The highest BCUT2D eigenvalue weighted by Gasteiger charge is 2.40. The molecule has 7 amide bonds. The van der Waals surface area contributed by atoms with Gasteiger partial charge in [0.15, 0.2) is 5.96 Å². The summed E-state index contributed by atoms with van der Waals surface area (Å²) in [6, 6.07) is -7.44. The molecule has 2 aliphatic rings. The standard InChI is InChI=1S/C40H74N12O7S/c1-24(2)22-30-37(57)47-28(14-10-19-45-40(43)44)33(53)48-29(16-21-60-5)36(56)46-26(12-6-8-17-41)35(55)51-31(23-25(3)4)39(59)52-20-11-15-32(52)38(58)49-27(34(54)50-30)13-7-9-18-42/h24-32H,6-23,41-42H2,1-5H3,(H,46,56)(H,47,57)(H,48,53)(H,49,58)(H,50,54)(H,51,55)(H4,43,44,45)/t26-,27-,28-,29-,30-,31-,32-/m0/s1. The third kappa shape index (κ3) is 18.2. The number of nitrogens with one attached hydrogen (secondary N) is 6. The molecule has 0 spiro atoms. The molecule has 342 valence electrons. The summed E-state index contributed by atoms with van der Waals surface area (Å²) in [6.07, 6.45) is 6.35. The lowest BCUT2D eigenvalue weighted by atomic mass is 10.00. The van der Waals surface area contributed by atoms with Gasteiger partial charge in [-0.2, -0.15) is 11.8 Å². The molecule has 2 aliphatic heterocycles. The number of amides is 7. The van der Waals surface area contributed by atoms with Crippen molar-refractivity contribution in [2.75, 3.05) is 38.2 Å². The van der Waals surface area contributed by atoms with Crippen LogP contribution in [0, 0.1) is 11.8 Å². The molecule has 0 bridgehead atoms. The fourth-order valence-electron chi connectivity index (χ4n) is 7.33. The number of hydrogen-bond acceptors (Lipinski definition) is 11. The highest BCUT2D eigenvalue weighted by atomic mass is 32.2. The Balaban J connectivity index is 2.72. The smallest absolute Gasteiger partial charge is 0.245 e. The normalized spacial score (nSPS) is 25.4. The molecule has 2 saturated heterocycles. The van der Waals surface area contributed by atoms with Gasteiger partial charge in [0.1, 0.15) is 42.3 Å². The van der Waals surface area contributed by atoms with Crippen LogP contribution in [0.15, 0.2) is 4.99 Å². The van der Waals surface area contributed by atoms with E-state index in [1.165, 1.54) is 16.7 Å². The lowest BCUT2D eigenvalue weighted by molar-refractivity contribution is -0.143. The predicted octanol–water partition coefficient (Wildman–Crippen LogP) is -0.943. The van der Waals surface area contributed by atoms with Crippen molar-refractivity contribution in [3.63, 3.8) is 0 Å². The number of hydrogen-bond donors (Lipinski definition) is 10. The Bertz CT molecular complexity index is 1450. The van der Waals surface area contributed by atoms with Crippen LogP contribution in [0.5, 0.6) is 0 Å². The fraction of sp³-hybridized carbons (Fsp3) is 0.800. The summed E-state index contributed by atoms with van der Waals surface area (Å²) in [5, 5.41) is 17.0. The van der Waals surface area contributed by atoms with Gasteiger partial charge in [0, 0.05) is 13.1 Å². The zero-order valence-corrected chi connectivity index (χ0v) is 37.2. The van der Waals surface area contributed by atoms with Crippen molar-refractivity contribution < 1.29 is 33.6 Å². The number of carbonyl (C=O) groups is 7. The Morgan fingerprint density at radius 2 is 1.03 bits per heavy atom. The van der Waals surface area contributed by atoms with Crippen molar-refractivity contribution in [1.29, 1.82) is 0 Å². The average molecular weight is 867 g/mol. The van der Waals surface area contributed by atoms with Gasteiger partial charge < -0.3 is 59.7 Å². The molecule has 20 heteroatoms. The third-order valence-electron chi connectivity index (χ3n) is 10.5. The zero-order valence-electron chi connectivity index (χ0n) is 36.4. The summed E-state index contributed by atoms with van der Waals surface area (Å²) >= 11 is 1.46. The molecular weight excluding hydrogens is 793 g/mol. The first-order valence-electron chi connectivity index (χ1n) is 21.6. The summed E-state index contributed by atoms with van der Waals surface area (Å²) in [5.74, 6) is -3.82. The van der Waals surface area contributed by atoms with Crippen molar-refractivity contribution in [2.45, 2.75) is 153 Å². The number of aliphatic imine (C=N–C) groups is 1. The number of nitrogens with zero attached hydrogens (tertiary/aromatic N) is 2. The molecule has 0 unspecified atom stereocenters. The molecule has 2 heterocycles. The van der Waals surface area contributed by atoms with Crippen LogP contribution in [0.3, 0.4) is 0 Å². The first-order chi connectivity index (χ1) is 28.5. The van der Waals surface area contributed by atoms with Gasteiger partial charge in [-0.05, 0) is 120 Å². The number of guanidine groups is 1. The van der Waals surface area contributed by atoms with Crippen molar-refractivity contribution in [3.8, 4) is 0 Å². The average Bonchev–Trinajstić information content (AvgIpc) is 3.68. The Hall–Kier alpha value is -4.17. The van der Waals surface area contributed by atoms with Gasteiger partial charge >= 0.3 is 0 Å². The van der Waals surface area contributed by atoms with Gasteiger partial charge in [0.2, 0.25) is 41.4 Å². The van der Waals surface area contributed by atoms with Crippen LogP contribution in [0.1, 0.15) is 111 Å². The molecule has 14 N–H and O–H groups in total. The Kier molecular flexibility index (Phi) is 23.9. The van der Waals surface area contributed by atoms with E-state index in [0.29, 0.717) is 57.4 Å². The topological polar surface area (TPSA) is 311 Å². The van der Waals surface area contributed by atoms with Crippen LogP contribution in [-0.4, -0.2) is 133 Å². The van der Waals surface area contributed by atoms with Crippen LogP contribution in [-0.2, 0) is 33.6 Å². The molecule has 0 aromatic carbocycles. The number of nitrogens with two attached hydrogens (primary N) is 4. The predicted molar refractivity (Wildman–Crippen MR) is 234 cm³/mol. The van der Waals surface area contributed by atoms with Gasteiger partial charge in [-0.15, -0.1) is 0 Å². The van der Waals surface area contributed by atoms with Gasteiger partial charge in [-0.1, -0.05) is 27.7 Å². The van der Waals surface area contributed by atoms with Crippen molar-refractivity contribution in [1.82, 2.24) is 36.8 Å². The van der Waals surface area contributed by atoms with Crippen LogP contribution < -0.4 is 54.8 Å². The molecule has 0 aliphatic carbocycles. The molecule has 2 fully saturated rings. The van der Waals surface area contributed by atoms with E-state index in [0.717, 1.165) is 0 Å². The molecule has 2 rings (SSSR count). The van der Waals surface area contributed by atoms with E-state index in [1.54, 1.807) is 0 Å². The summed E-state index contributed by atoms with van der Waals surface area (Å²) in [7, 11) is 0. The lowest BCUT2D eigenvalue weighted by Gasteiger charge is -2.31. The number of thioether (sulfide) groups is 1. The van der Waals surface area contributed by atoms with E-state index in [9.17, 15) is 33.6 Å². The maximum absolute atomic E-state index is 14.3. The quantitative estimate of drug-likeness (QED) is 0.0428. The van der Waals surface area contributed by atoms with E-state index in [4.69, 9.17) is 22.9 Å². The van der Waals surface area contributed by atoms with E-state index in [1.807, 2.05) is 34.0 Å². The van der Waals surface area contributed by atoms with Gasteiger partial charge in [-0.25, -0.2) is 0 Å². The SMILES string of the molecule is CSCC[C@@H]1NC(=O)[C@H](CCCN=C(N)N)NC(=O)[C@H](CC(C)C)NC(=O)[C@H](CCCCN)NC(=O)[C@@H]2CCCN2C(=O)[C@H](CC(C)C)NC(=O)[C@H](CCCCN)NC1=O. The number of carbonyl (C=O) groups excluding carboxylic acids is 7. The van der Waals surface area contributed by atoms with E-state index < -0.39 is 83.6 Å². The van der Waals surface area contributed by atoms with Gasteiger partial charge in [-0.3, -0.25) is 38.6 Å². The summed E-state index contributed by atoms with van der Waals surface area (Å²) in [6.45, 7) is 8.76. The second-order valence-corrected chi connectivity index (χ2v) is 17.6. The minimum absolute atomic E-state index is 0.0295. The molecule has 0 aromatic heterocycles. The zero-order chi connectivity index (χ0) is 44.8. The third-order valence-corrected chi connectivity index (χ3v) is 11.1. The van der Waals surface area contributed by atoms with Crippen LogP contribution >= 0.6 is 11.8 Å². The molecule has 60 heavy (non-hydrogen) atoms. The number of fused-ring (bicyclic) bond motifs is 1. The maximum Gasteiger partial charge on any atom is 0.245 e. The first kappa shape index (κ1) is 52.0. The van der Waals surface area contributed by atoms with Gasteiger partial charge in [0.25, 0.3) is 0 Å². The largest absolute Gasteiger partial charge is 0.370 e. The first-order valence-corrected chi connectivity index (χ1v) is 23.0. The highest BCUT2D eigenvalue weighted by molar-refractivity contribution is 7.98. The van der Waals surface area contributed by atoms with Crippen LogP contribution in [0.4, 0.5) is 0 Å². The van der Waals surface area contributed by atoms with Gasteiger partial charge in [0.05, 0.1) is 0 Å². The monoisotopic (exact) mass is 867 g/mol. The van der Waals surface area contributed by atoms with E-state index >= 15 is 0 Å². The number of rotatable bonds is 19. The van der Waals surface area contributed by atoms with Crippen molar-refractivity contribution in [3.05, 3.63) is 0 Å². The highest BCUT2D eigenvalue weighted by Crippen LogP contribution is 2.22. The van der Waals surface area contributed by atoms with Crippen LogP contribution in [0.25, 0.3) is 0 Å². The van der Waals surface area contributed by atoms with E-state index in [-0.39, 0.29) is 75.8 Å². The second kappa shape index (κ2) is 27.6. The molecule has 0 radical (unpaired) electrons. The van der Waals surface area contributed by atoms with Crippen LogP contribution in [0.2, 0.25) is 0 Å². The minimum Gasteiger partial charge on any atom is -0.370 e. The Morgan fingerprint density at radius 3 is 1.50 bits per heavy atom. The molecule has 7 atom stereocenters. The number of unbranched alkanes of at least 4 members (excludes halogenated alkanes) is 2. The fourth-order valence-corrected chi connectivity index (χ4v) is 7.80. The van der Waals surface area contributed by atoms with Crippen molar-refractivity contribution >= 4 is 59.1 Å². The minimum atomic E-state index is -1.17. The molecular formula is C40H74N12O7S. The summed E-state index contributed by atoms with van der Waals surface area (Å²) in [4.78, 5) is 104. The molecule has 0 aromatic rings. The van der Waals surface area contributed by atoms with Crippen molar-refractivity contribution in [2.24, 2.45) is 39.8 Å². The summed E-state index contributed by atoms with van der Waals surface area (Å²) in [5.41, 5.74) is 22.6. The summed E-state index contributed by atoms with van der Waals surface area (Å²) < 4.78 is 0.